The molecule has 4 nitrogen and oxygen atoms in total. The first kappa shape index (κ1) is 30.3. The topological polar surface area (TPSA) is 38.2 Å². The minimum atomic E-state index is -0.594. The van der Waals surface area contributed by atoms with Crippen molar-refractivity contribution >= 4 is 17.1 Å². The van der Waals surface area contributed by atoms with E-state index in [2.05, 4.69) is 149 Å². The molecular weight excluding hydrogens is 623 g/mol. The second kappa shape index (κ2) is 12.9. The van der Waals surface area contributed by atoms with Gasteiger partial charge in [0.2, 0.25) is 0 Å². The summed E-state index contributed by atoms with van der Waals surface area (Å²) in [5.41, 5.74) is 10.9. The minimum absolute atomic E-state index is 0.594. The van der Waals surface area contributed by atoms with E-state index in [-0.39, 0.29) is 0 Å². The molecule has 2 aromatic heterocycles. The first-order valence-electron chi connectivity index (χ1n) is 17.2. The van der Waals surface area contributed by atoms with Crippen LogP contribution >= 0.6 is 0 Å². The molecule has 0 N–H and O–H groups in total. The van der Waals surface area contributed by atoms with Gasteiger partial charge in [-0.05, 0) is 82.9 Å². The number of pyridine rings is 2. The predicted molar refractivity (Wildman–Crippen MR) is 206 cm³/mol. The third-order valence-corrected chi connectivity index (χ3v) is 9.69. The van der Waals surface area contributed by atoms with Crippen LogP contribution in [-0.2, 0) is 5.41 Å². The molecule has 0 bridgehead atoms. The van der Waals surface area contributed by atoms with Crippen LogP contribution in [0.2, 0.25) is 0 Å². The Labute approximate surface area is 298 Å². The summed E-state index contributed by atoms with van der Waals surface area (Å²) in [7, 11) is 0. The molecule has 1 aliphatic rings. The number of ether oxygens (including phenoxy) is 1. The highest BCUT2D eigenvalue weighted by molar-refractivity contribution is 5.86. The van der Waals surface area contributed by atoms with Crippen LogP contribution in [0.5, 0.6) is 11.5 Å². The van der Waals surface area contributed by atoms with Crippen molar-refractivity contribution in [1.29, 1.82) is 0 Å². The van der Waals surface area contributed by atoms with Gasteiger partial charge < -0.3 is 9.64 Å². The zero-order valence-electron chi connectivity index (χ0n) is 27.8. The molecule has 51 heavy (non-hydrogen) atoms. The quantitative estimate of drug-likeness (QED) is 0.160. The van der Waals surface area contributed by atoms with E-state index in [1.165, 1.54) is 22.3 Å². The van der Waals surface area contributed by atoms with E-state index in [1.807, 2.05) is 54.6 Å². The normalized spacial score (nSPS) is 12.0. The zero-order valence-corrected chi connectivity index (χ0v) is 27.8. The average Bonchev–Trinajstić information content (AvgIpc) is 3.22. The van der Waals surface area contributed by atoms with Crippen LogP contribution < -0.4 is 9.64 Å². The van der Waals surface area contributed by atoms with Gasteiger partial charge >= 0.3 is 0 Å². The predicted octanol–water partition coefficient (Wildman–Crippen LogP) is 11.8. The minimum Gasteiger partial charge on any atom is -0.453 e. The SMILES string of the molecule is c1ccc(C(c2ccccc2)(c2ccc(-c3cccc(-c4ccccn4)n3)cc2)c2ccc(N3c4ccccc4Oc4ccccc43)cc2)cc1. The summed E-state index contributed by atoms with van der Waals surface area (Å²) in [6.07, 6.45) is 1.80. The van der Waals surface area contributed by atoms with Crippen molar-refractivity contribution in [1.82, 2.24) is 9.97 Å². The Kier molecular flexibility index (Phi) is 7.67. The first-order valence-corrected chi connectivity index (χ1v) is 17.2. The Morgan fingerprint density at radius 1 is 0.392 bits per heavy atom. The summed E-state index contributed by atoms with van der Waals surface area (Å²) in [5, 5.41) is 0. The van der Waals surface area contributed by atoms with E-state index >= 15 is 0 Å². The van der Waals surface area contributed by atoms with Crippen LogP contribution in [0.15, 0.2) is 200 Å². The largest absolute Gasteiger partial charge is 0.453 e. The number of para-hydroxylation sites is 4. The summed E-state index contributed by atoms with van der Waals surface area (Å²) in [6, 6.07) is 68.0. The molecule has 6 aromatic carbocycles. The standard InChI is InChI=1S/C47H33N3O/c1-3-14-35(15-4-1)47(36-16-5-2-6-17-36,37-27-25-34(26-28-37)40-19-13-20-42(49-40)41-18-11-12-33-48-41)38-29-31-39(32-30-38)50-43-21-7-9-23-45(43)51-46-24-10-8-22-44(46)50/h1-33H. The molecular formula is C47H33N3O. The van der Waals surface area contributed by atoms with Gasteiger partial charge in [0.15, 0.2) is 11.5 Å². The zero-order chi connectivity index (χ0) is 34.0. The highest BCUT2D eigenvalue weighted by Gasteiger charge is 2.38. The van der Waals surface area contributed by atoms with Gasteiger partial charge in [0.05, 0.1) is 33.9 Å². The van der Waals surface area contributed by atoms with Gasteiger partial charge in [-0.1, -0.05) is 133 Å². The average molecular weight is 656 g/mol. The lowest BCUT2D eigenvalue weighted by Crippen LogP contribution is -2.31. The van der Waals surface area contributed by atoms with Gasteiger partial charge in [0.1, 0.15) is 0 Å². The maximum atomic E-state index is 6.30. The van der Waals surface area contributed by atoms with Crippen molar-refractivity contribution < 1.29 is 4.74 Å². The summed E-state index contributed by atoms with van der Waals surface area (Å²) in [4.78, 5) is 11.8. The van der Waals surface area contributed by atoms with Gasteiger partial charge in [-0.3, -0.25) is 4.98 Å². The molecule has 0 saturated carbocycles. The molecule has 0 unspecified atom stereocenters. The van der Waals surface area contributed by atoms with Gasteiger partial charge in [-0.2, -0.15) is 0 Å². The van der Waals surface area contributed by atoms with Crippen LogP contribution in [0.4, 0.5) is 17.1 Å². The maximum Gasteiger partial charge on any atom is 0.151 e. The molecule has 0 atom stereocenters. The number of nitrogens with zero attached hydrogens (tertiary/aromatic N) is 3. The Balaban J connectivity index is 1.19. The molecule has 0 radical (unpaired) electrons. The number of hydrogen-bond donors (Lipinski definition) is 0. The third-order valence-electron chi connectivity index (χ3n) is 9.69. The second-order valence-electron chi connectivity index (χ2n) is 12.6. The van der Waals surface area contributed by atoms with Crippen LogP contribution in [0.1, 0.15) is 22.3 Å². The van der Waals surface area contributed by atoms with Gasteiger partial charge in [-0.15, -0.1) is 0 Å². The fourth-order valence-electron chi connectivity index (χ4n) is 7.36. The summed E-state index contributed by atoms with van der Waals surface area (Å²) >= 11 is 0. The van der Waals surface area contributed by atoms with E-state index < -0.39 is 5.41 Å². The molecule has 0 saturated heterocycles. The Morgan fingerprint density at radius 2 is 0.882 bits per heavy atom. The molecule has 1 aliphatic heterocycles. The van der Waals surface area contributed by atoms with Crippen molar-refractivity contribution in [3.05, 3.63) is 223 Å². The molecule has 242 valence electrons. The Morgan fingerprint density at radius 3 is 1.47 bits per heavy atom. The lowest BCUT2D eigenvalue weighted by atomic mass is 9.65. The van der Waals surface area contributed by atoms with Crippen molar-refractivity contribution in [3.8, 4) is 34.1 Å². The van der Waals surface area contributed by atoms with Crippen molar-refractivity contribution in [2.45, 2.75) is 5.41 Å². The fourth-order valence-corrected chi connectivity index (χ4v) is 7.36. The van der Waals surface area contributed by atoms with E-state index in [9.17, 15) is 0 Å². The van der Waals surface area contributed by atoms with Crippen molar-refractivity contribution in [2.24, 2.45) is 0 Å². The Bertz CT molecular complexity index is 2340. The van der Waals surface area contributed by atoms with Crippen LogP contribution in [0.3, 0.4) is 0 Å². The molecule has 8 aromatic rings. The molecule has 0 amide bonds. The van der Waals surface area contributed by atoms with Crippen molar-refractivity contribution in [3.63, 3.8) is 0 Å². The number of hydrogen-bond acceptors (Lipinski definition) is 4. The molecule has 3 heterocycles. The highest BCUT2D eigenvalue weighted by Crippen LogP contribution is 2.51. The van der Waals surface area contributed by atoms with E-state index in [1.54, 1.807) is 6.20 Å². The lowest BCUT2D eigenvalue weighted by molar-refractivity contribution is 0.477. The number of fused-ring (bicyclic) bond motifs is 2. The number of rotatable bonds is 7. The van der Waals surface area contributed by atoms with Crippen LogP contribution in [0.25, 0.3) is 22.6 Å². The summed E-state index contributed by atoms with van der Waals surface area (Å²) in [6.45, 7) is 0. The number of benzene rings is 6. The second-order valence-corrected chi connectivity index (χ2v) is 12.6. The van der Waals surface area contributed by atoms with E-state index in [0.717, 1.165) is 51.2 Å². The molecule has 9 rings (SSSR count). The summed E-state index contributed by atoms with van der Waals surface area (Å²) < 4.78 is 6.30. The highest BCUT2D eigenvalue weighted by atomic mass is 16.5. The van der Waals surface area contributed by atoms with Crippen LogP contribution in [0, 0.1) is 0 Å². The number of aromatic nitrogens is 2. The number of anilines is 3. The molecule has 0 fully saturated rings. The third kappa shape index (κ3) is 5.34. The first-order chi connectivity index (χ1) is 25.3. The lowest BCUT2D eigenvalue weighted by Gasteiger charge is -2.37. The monoisotopic (exact) mass is 655 g/mol. The Hall–Kier alpha value is -6.78. The van der Waals surface area contributed by atoms with E-state index in [4.69, 9.17) is 9.72 Å². The van der Waals surface area contributed by atoms with Crippen LogP contribution in [-0.4, -0.2) is 9.97 Å². The van der Waals surface area contributed by atoms with Gasteiger partial charge in [-0.25, -0.2) is 4.98 Å². The smallest absolute Gasteiger partial charge is 0.151 e. The van der Waals surface area contributed by atoms with Gasteiger partial charge in [0, 0.05) is 17.4 Å². The summed E-state index contributed by atoms with van der Waals surface area (Å²) in [5.74, 6) is 1.67. The van der Waals surface area contributed by atoms with E-state index in [0.29, 0.717) is 0 Å². The fraction of sp³-hybridized carbons (Fsp3) is 0.0213. The molecule has 4 heteroatoms. The molecule has 0 spiro atoms. The van der Waals surface area contributed by atoms with Crippen molar-refractivity contribution in [2.75, 3.05) is 4.90 Å². The maximum absolute atomic E-state index is 6.30. The van der Waals surface area contributed by atoms with Gasteiger partial charge in [0.25, 0.3) is 0 Å². The molecule has 0 aliphatic carbocycles.